The van der Waals surface area contributed by atoms with Crippen molar-refractivity contribution < 1.29 is 22.4 Å². The normalized spacial score (nSPS) is 11.9. The van der Waals surface area contributed by atoms with E-state index in [0.29, 0.717) is 27.6 Å². The lowest BCUT2D eigenvalue weighted by atomic mass is 10.00. The minimum absolute atomic E-state index is 0.230. The SMILES string of the molecule is Cc1c(C(N)=O)n(C)c2c(-c3ccc(C(F)(F)F)cc3)cc(F)cc12. The zero-order valence-electron chi connectivity index (χ0n) is 13.4. The molecule has 0 saturated carbocycles. The van der Waals surface area contributed by atoms with Crippen molar-refractivity contribution >= 4 is 16.8 Å². The highest BCUT2D eigenvalue weighted by atomic mass is 19.4. The molecule has 0 saturated heterocycles. The Morgan fingerprint density at radius 3 is 2.24 bits per heavy atom. The van der Waals surface area contributed by atoms with E-state index in [-0.39, 0.29) is 5.69 Å². The number of benzene rings is 2. The Morgan fingerprint density at radius 1 is 1.12 bits per heavy atom. The zero-order valence-corrected chi connectivity index (χ0v) is 13.4. The van der Waals surface area contributed by atoms with E-state index in [1.807, 2.05) is 0 Å². The maximum Gasteiger partial charge on any atom is 0.416 e. The Bertz CT molecular complexity index is 985. The monoisotopic (exact) mass is 350 g/mol. The first-order valence-corrected chi connectivity index (χ1v) is 7.37. The van der Waals surface area contributed by atoms with Gasteiger partial charge in [-0.05, 0) is 42.3 Å². The van der Waals surface area contributed by atoms with Gasteiger partial charge in [-0.15, -0.1) is 0 Å². The number of nitrogens with zero attached hydrogens (tertiary/aromatic N) is 1. The summed E-state index contributed by atoms with van der Waals surface area (Å²) in [5.41, 5.74) is 6.70. The number of carbonyl (C=O) groups excluding carboxylic acids is 1. The molecule has 25 heavy (non-hydrogen) atoms. The van der Waals surface area contributed by atoms with Crippen molar-refractivity contribution in [2.24, 2.45) is 12.8 Å². The van der Waals surface area contributed by atoms with Gasteiger partial charge in [-0.3, -0.25) is 4.79 Å². The smallest absolute Gasteiger partial charge is 0.364 e. The van der Waals surface area contributed by atoms with E-state index < -0.39 is 23.5 Å². The molecular formula is C18H14F4N2O. The predicted octanol–water partition coefficient (Wildman–Crippen LogP) is 4.41. The topological polar surface area (TPSA) is 48.0 Å². The number of carbonyl (C=O) groups is 1. The van der Waals surface area contributed by atoms with Gasteiger partial charge >= 0.3 is 6.18 Å². The molecule has 1 amide bonds. The van der Waals surface area contributed by atoms with Gasteiger partial charge in [0.15, 0.2) is 0 Å². The van der Waals surface area contributed by atoms with Crippen LogP contribution in [0.2, 0.25) is 0 Å². The molecule has 0 aliphatic rings. The fraction of sp³-hybridized carbons (Fsp3) is 0.167. The molecule has 0 radical (unpaired) electrons. The Balaban J connectivity index is 2.30. The Morgan fingerprint density at radius 2 is 1.72 bits per heavy atom. The molecule has 3 aromatic rings. The number of nitrogens with two attached hydrogens (primary N) is 1. The van der Waals surface area contributed by atoms with Gasteiger partial charge in [-0.1, -0.05) is 12.1 Å². The zero-order chi connectivity index (χ0) is 18.5. The van der Waals surface area contributed by atoms with Gasteiger partial charge in [0.1, 0.15) is 11.5 Å². The number of aryl methyl sites for hydroxylation is 2. The second-order valence-electron chi connectivity index (χ2n) is 5.82. The highest BCUT2D eigenvalue weighted by molar-refractivity contribution is 6.05. The number of hydrogen-bond donors (Lipinski definition) is 1. The fourth-order valence-corrected chi connectivity index (χ4v) is 3.15. The lowest BCUT2D eigenvalue weighted by Crippen LogP contribution is -2.16. The van der Waals surface area contributed by atoms with E-state index in [4.69, 9.17) is 5.73 Å². The average Bonchev–Trinajstić information content (AvgIpc) is 2.77. The van der Waals surface area contributed by atoms with Crippen LogP contribution in [-0.4, -0.2) is 10.5 Å². The van der Waals surface area contributed by atoms with Gasteiger partial charge < -0.3 is 10.3 Å². The van der Waals surface area contributed by atoms with Crippen LogP contribution in [0.4, 0.5) is 17.6 Å². The first-order chi connectivity index (χ1) is 11.6. The number of amides is 1. The Hall–Kier alpha value is -2.83. The van der Waals surface area contributed by atoms with E-state index in [1.54, 1.807) is 18.5 Å². The van der Waals surface area contributed by atoms with Crippen molar-refractivity contribution in [1.82, 2.24) is 4.57 Å². The number of aromatic nitrogens is 1. The molecule has 130 valence electrons. The molecule has 0 aliphatic heterocycles. The van der Waals surface area contributed by atoms with Gasteiger partial charge in [0.05, 0.1) is 11.1 Å². The van der Waals surface area contributed by atoms with Crippen LogP contribution in [0.25, 0.3) is 22.0 Å². The quantitative estimate of drug-likeness (QED) is 0.684. The Labute approximate surface area is 140 Å². The van der Waals surface area contributed by atoms with Crippen LogP contribution < -0.4 is 5.73 Å². The standard InChI is InChI=1S/C18H14F4N2O/c1-9-13-7-12(19)8-14(16(13)24(2)15(9)17(23)25)10-3-5-11(6-4-10)18(20,21)22/h3-8H,1-2H3,(H2,23,25). The van der Waals surface area contributed by atoms with Crippen molar-refractivity contribution in [3.8, 4) is 11.1 Å². The summed E-state index contributed by atoms with van der Waals surface area (Å²) in [5.74, 6) is -1.21. The lowest BCUT2D eigenvalue weighted by Gasteiger charge is -2.10. The number of alkyl halides is 3. The number of halogens is 4. The van der Waals surface area contributed by atoms with E-state index in [9.17, 15) is 22.4 Å². The maximum absolute atomic E-state index is 14.1. The molecule has 1 heterocycles. The highest BCUT2D eigenvalue weighted by Gasteiger charge is 2.30. The van der Waals surface area contributed by atoms with Gasteiger partial charge in [0.2, 0.25) is 0 Å². The van der Waals surface area contributed by atoms with Crippen molar-refractivity contribution in [3.05, 3.63) is 59.0 Å². The fourth-order valence-electron chi connectivity index (χ4n) is 3.15. The van der Waals surface area contributed by atoms with Crippen molar-refractivity contribution in [2.45, 2.75) is 13.1 Å². The Kier molecular flexibility index (Phi) is 3.82. The second-order valence-corrected chi connectivity index (χ2v) is 5.82. The van der Waals surface area contributed by atoms with E-state index >= 15 is 0 Å². The third kappa shape index (κ3) is 2.75. The van der Waals surface area contributed by atoms with E-state index in [2.05, 4.69) is 0 Å². The molecule has 7 heteroatoms. The molecule has 0 atom stereocenters. The molecule has 0 bridgehead atoms. The molecule has 1 aromatic heterocycles. The first-order valence-electron chi connectivity index (χ1n) is 7.37. The second kappa shape index (κ2) is 5.61. The molecule has 2 N–H and O–H groups in total. The maximum atomic E-state index is 14.1. The molecule has 0 spiro atoms. The molecule has 2 aromatic carbocycles. The average molecular weight is 350 g/mol. The number of rotatable bonds is 2. The summed E-state index contributed by atoms with van der Waals surface area (Å²) < 4.78 is 53.8. The molecular weight excluding hydrogens is 336 g/mol. The number of hydrogen-bond acceptors (Lipinski definition) is 1. The van der Waals surface area contributed by atoms with E-state index in [0.717, 1.165) is 12.1 Å². The largest absolute Gasteiger partial charge is 0.416 e. The van der Waals surface area contributed by atoms with E-state index in [1.165, 1.54) is 24.3 Å². The summed E-state index contributed by atoms with van der Waals surface area (Å²) in [5, 5.41) is 0.492. The van der Waals surface area contributed by atoms with Crippen molar-refractivity contribution in [2.75, 3.05) is 0 Å². The summed E-state index contributed by atoms with van der Waals surface area (Å²) in [4.78, 5) is 11.7. The van der Waals surface area contributed by atoms with Crippen LogP contribution in [0, 0.1) is 12.7 Å². The molecule has 0 aliphatic carbocycles. The predicted molar refractivity (Wildman–Crippen MR) is 86.6 cm³/mol. The van der Waals surface area contributed by atoms with Crippen LogP contribution in [0.1, 0.15) is 21.6 Å². The first kappa shape index (κ1) is 17.0. The van der Waals surface area contributed by atoms with Crippen LogP contribution in [0.5, 0.6) is 0 Å². The third-order valence-corrected chi connectivity index (χ3v) is 4.26. The molecule has 0 unspecified atom stereocenters. The molecule has 0 fully saturated rings. The van der Waals surface area contributed by atoms with Gasteiger partial charge in [-0.25, -0.2) is 4.39 Å². The summed E-state index contributed by atoms with van der Waals surface area (Å²) in [7, 11) is 1.61. The summed E-state index contributed by atoms with van der Waals surface area (Å²) in [6.45, 7) is 1.65. The molecule has 3 rings (SSSR count). The van der Waals surface area contributed by atoms with Crippen LogP contribution in [-0.2, 0) is 13.2 Å². The van der Waals surface area contributed by atoms with Crippen molar-refractivity contribution in [3.63, 3.8) is 0 Å². The van der Waals surface area contributed by atoms with Gasteiger partial charge in [0.25, 0.3) is 5.91 Å². The van der Waals surface area contributed by atoms with Crippen LogP contribution >= 0.6 is 0 Å². The summed E-state index contributed by atoms with van der Waals surface area (Å²) >= 11 is 0. The van der Waals surface area contributed by atoms with Crippen LogP contribution in [0.15, 0.2) is 36.4 Å². The minimum atomic E-state index is -4.45. The number of primary amides is 1. The highest BCUT2D eigenvalue weighted by Crippen LogP contribution is 2.36. The molecule has 3 nitrogen and oxygen atoms in total. The van der Waals surface area contributed by atoms with Gasteiger partial charge in [0, 0.05) is 18.0 Å². The minimum Gasteiger partial charge on any atom is -0.364 e. The lowest BCUT2D eigenvalue weighted by molar-refractivity contribution is -0.137. The summed E-state index contributed by atoms with van der Waals surface area (Å²) in [6.07, 6.45) is -4.45. The van der Waals surface area contributed by atoms with Crippen LogP contribution in [0.3, 0.4) is 0 Å². The summed E-state index contributed by atoms with van der Waals surface area (Å²) in [6, 6.07) is 6.96. The number of fused-ring (bicyclic) bond motifs is 1. The third-order valence-electron chi connectivity index (χ3n) is 4.26. The van der Waals surface area contributed by atoms with Crippen molar-refractivity contribution in [1.29, 1.82) is 0 Å². The van der Waals surface area contributed by atoms with Gasteiger partial charge in [-0.2, -0.15) is 13.2 Å².